The van der Waals surface area contributed by atoms with Crippen molar-refractivity contribution in [2.24, 2.45) is 0 Å². The second-order valence-corrected chi connectivity index (χ2v) is 7.86. The minimum absolute atomic E-state index is 0.0927. The summed E-state index contributed by atoms with van der Waals surface area (Å²) in [7, 11) is 1.70. The van der Waals surface area contributed by atoms with Gasteiger partial charge in [0.2, 0.25) is 0 Å². The van der Waals surface area contributed by atoms with Gasteiger partial charge >= 0.3 is 0 Å². The molecule has 0 fully saturated rings. The molecule has 2 aromatic rings. The molecule has 0 bridgehead atoms. The van der Waals surface area contributed by atoms with E-state index in [1.165, 1.54) is 24.3 Å². The van der Waals surface area contributed by atoms with Gasteiger partial charge < -0.3 is 15.0 Å². The van der Waals surface area contributed by atoms with Crippen LogP contribution < -0.4 is 14.9 Å². The Bertz CT molecular complexity index is 848. The van der Waals surface area contributed by atoms with E-state index in [1.807, 2.05) is 31.1 Å². The van der Waals surface area contributed by atoms with Gasteiger partial charge in [0, 0.05) is 51.3 Å². The molecule has 0 aliphatic carbocycles. The van der Waals surface area contributed by atoms with Crippen LogP contribution in [0.5, 0.6) is 0 Å². The summed E-state index contributed by atoms with van der Waals surface area (Å²) in [4.78, 5) is 14.0. The van der Waals surface area contributed by atoms with Gasteiger partial charge in [0.05, 0.1) is 4.90 Å². The molecule has 0 saturated carbocycles. The van der Waals surface area contributed by atoms with E-state index in [9.17, 15) is 13.2 Å². The number of hydrogen-bond acceptors (Lipinski definition) is 5. The number of rotatable bonds is 9. The lowest BCUT2D eigenvalue weighted by atomic mass is 10.2. The van der Waals surface area contributed by atoms with Crippen molar-refractivity contribution >= 4 is 27.3 Å². The fourth-order valence-electron chi connectivity index (χ4n) is 2.35. The van der Waals surface area contributed by atoms with Crippen molar-refractivity contribution in [3.8, 4) is 0 Å². The summed E-state index contributed by atoms with van der Waals surface area (Å²) < 4.78 is 32.5. The number of sulfonamides is 1. The van der Waals surface area contributed by atoms with E-state index in [2.05, 4.69) is 10.0 Å². The zero-order valence-corrected chi connectivity index (χ0v) is 16.5. The summed E-state index contributed by atoms with van der Waals surface area (Å²) >= 11 is 0. The van der Waals surface area contributed by atoms with E-state index < -0.39 is 10.0 Å². The number of anilines is 2. The monoisotopic (exact) mass is 391 g/mol. The highest BCUT2D eigenvalue weighted by molar-refractivity contribution is 7.92. The normalized spacial score (nSPS) is 11.1. The van der Waals surface area contributed by atoms with Gasteiger partial charge in [-0.2, -0.15) is 0 Å². The summed E-state index contributed by atoms with van der Waals surface area (Å²) in [6.45, 7) is 1.07. The second-order valence-electron chi connectivity index (χ2n) is 6.17. The molecular formula is C19H25N3O4S. The van der Waals surface area contributed by atoms with E-state index in [4.69, 9.17) is 4.74 Å². The van der Waals surface area contributed by atoms with Gasteiger partial charge in [0.1, 0.15) is 0 Å². The third-order valence-corrected chi connectivity index (χ3v) is 5.27. The molecule has 146 valence electrons. The Hall–Kier alpha value is -2.58. The van der Waals surface area contributed by atoms with Crippen LogP contribution in [0.2, 0.25) is 0 Å². The van der Waals surface area contributed by atoms with Crippen molar-refractivity contribution in [1.82, 2.24) is 5.32 Å². The Morgan fingerprint density at radius 2 is 1.67 bits per heavy atom. The molecule has 0 aliphatic rings. The summed E-state index contributed by atoms with van der Waals surface area (Å²) in [5.74, 6) is -0.248. The number of methoxy groups -OCH3 is 1. The predicted octanol–water partition coefficient (Wildman–Crippen LogP) is 2.32. The van der Waals surface area contributed by atoms with Gasteiger partial charge in [0.25, 0.3) is 15.9 Å². The topological polar surface area (TPSA) is 87.7 Å². The third kappa shape index (κ3) is 5.97. The van der Waals surface area contributed by atoms with Crippen LogP contribution in [0.3, 0.4) is 0 Å². The van der Waals surface area contributed by atoms with Crippen molar-refractivity contribution in [2.45, 2.75) is 11.3 Å². The van der Waals surface area contributed by atoms with Crippen LogP contribution in [-0.2, 0) is 14.8 Å². The first-order valence-electron chi connectivity index (χ1n) is 8.51. The van der Waals surface area contributed by atoms with E-state index in [0.29, 0.717) is 30.8 Å². The maximum absolute atomic E-state index is 12.5. The van der Waals surface area contributed by atoms with Gasteiger partial charge in [-0.25, -0.2) is 8.42 Å². The van der Waals surface area contributed by atoms with Crippen LogP contribution in [0.25, 0.3) is 0 Å². The van der Waals surface area contributed by atoms with Crippen molar-refractivity contribution in [3.63, 3.8) is 0 Å². The molecule has 8 heteroatoms. The van der Waals surface area contributed by atoms with Crippen LogP contribution in [0.1, 0.15) is 16.8 Å². The van der Waals surface area contributed by atoms with Gasteiger partial charge in [0.15, 0.2) is 0 Å². The molecule has 2 N–H and O–H groups in total. The van der Waals surface area contributed by atoms with E-state index >= 15 is 0 Å². The lowest BCUT2D eigenvalue weighted by Crippen LogP contribution is -2.25. The maximum atomic E-state index is 12.5. The lowest BCUT2D eigenvalue weighted by molar-refractivity contribution is 0.0948. The summed E-state index contributed by atoms with van der Waals surface area (Å²) in [6, 6.07) is 12.9. The third-order valence-electron chi connectivity index (χ3n) is 3.87. The molecule has 0 aliphatic heterocycles. The predicted molar refractivity (Wildman–Crippen MR) is 107 cm³/mol. The van der Waals surface area contributed by atoms with Gasteiger partial charge in [-0.15, -0.1) is 0 Å². The summed E-state index contributed by atoms with van der Waals surface area (Å²) in [5.41, 5.74) is 1.85. The van der Waals surface area contributed by atoms with Gasteiger partial charge in [-0.3, -0.25) is 9.52 Å². The molecule has 1 amide bonds. The number of nitrogens with zero attached hydrogens (tertiary/aromatic N) is 1. The Labute approximate surface area is 160 Å². The number of benzene rings is 2. The van der Waals surface area contributed by atoms with Crippen molar-refractivity contribution in [1.29, 1.82) is 0 Å². The Morgan fingerprint density at radius 1 is 1.04 bits per heavy atom. The molecule has 0 atom stereocenters. The average Bonchev–Trinajstić information content (AvgIpc) is 2.65. The fraction of sp³-hybridized carbons (Fsp3) is 0.316. The molecule has 0 spiro atoms. The highest BCUT2D eigenvalue weighted by Crippen LogP contribution is 2.20. The summed E-state index contributed by atoms with van der Waals surface area (Å²) in [6.07, 6.45) is 0.714. The quantitative estimate of drug-likeness (QED) is 0.641. The highest BCUT2D eigenvalue weighted by atomic mass is 32.2. The second kappa shape index (κ2) is 9.38. The Kier molecular flexibility index (Phi) is 7.20. The molecule has 0 radical (unpaired) electrons. The number of hydrogen-bond donors (Lipinski definition) is 2. The molecule has 0 saturated heterocycles. The van der Waals surface area contributed by atoms with E-state index in [0.717, 1.165) is 5.69 Å². The maximum Gasteiger partial charge on any atom is 0.261 e. The zero-order chi connectivity index (χ0) is 19.9. The van der Waals surface area contributed by atoms with Gasteiger partial charge in [-0.1, -0.05) is 0 Å². The van der Waals surface area contributed by atoms with Crippen LogP contribution in [0.15, 0.2) is 53.4 Å². The molecule has 0 heterocycles. The van der Waals surface area contributed by atoms with Crippen LogP contribution in [0.4, 0.5) is 11.4 Å². The van der Waals surface area contributed by atoms with Gasteiger partial charge in [-0.05, 0) is 55.0 Å². The minimum atomic E-state index is -3.73. The summed E-state index contributed by atoms with van der Waals surface area (Å²) in [5, 5.41) is 2.76. The van der Waals surface area contributed by atoms with E-state index in [1.54, 1.807) is 19.2 Å². The SMILES string of the molecule is COCCCNC(=O)c1ccc(S(=O)(=O)Nc2ccc(N(C)C)cc2)cc1. The standard InChI is InChI=1S/C19H25N3O4S/c1-22(2)17-9-7-16(8-10-17)21-27(24,25)18-11-5-15(6-12-18)19(23)20-13-4-14-26-3/h5-12,21H,4,13-14H2,1-3H3,(H,20,23). The zero-order valence-electron chi connectivity index (χ0n) is 15.7. The minimum Gasteiger partial charge on any atom is -0.385 e. The van der Waals surface area contributed by atoms with Crippen LogP contribution in [0, 0.1) is 0 Å². The number of nitrogens with one attached hydrogen (secondary N) is 2. The molecule has 0 aromatic heterocycles. The first-order valence-corrected chi connectivity index (χ1v) is 9.99. The molecule has 7 nitrogen and oxygen atoms in total. The van der Waals surface area contributed by atoms with Crippen molar-refractivity contribution in [3.05, 3.63) is 54.1 Å². The molecule has 27 heavy (non-hydrogen) atoms. The van der Waals surface area contributed by atoms with E-state index in [-0.39, 0.29) is 10.8 Å². The molecule has 2 aromatic carbocycles. The number of ether oxygens (including phenoxy) is 1. The number of carbonyl (C=O) groups is 1. The molecule has 0 unspecified atom stereocenters. The van der Waals surface area contributed by atoms with Crippen LogP contribution >= 0.6 is 0 Å². The molecule has 2 rings (SSSR count). The first-order chi connectivity index (χ1) is 12.8. The van der Waals surface area contributed by atoms with Crippen molar-refractivity contribution < 1.29 is 17.9 Å². The number of amides is 1. The van der Waals surface area contributed by atoms with Crippen molar-refractivity contribution in [2.75, 3.05) is 44.0 Å². The highest BCUT2D eigenvalue weighted by Gasteiger charge is 2.15. The Balaban J connectivity index is 2.02. The van der Waals surface area contributed by atoms with Crippen LogP contribution in [-0.4, -0.2) is 48.7 Å². The average molecular weight is 391 g/mol. The largest absolute Gasteiger partial charge is 0.385 e. The molecular weight excluding hydrogens is 366 g/mol. The first kappa shape index (κ1) is 20.7. The lowest BCUT2D eigenvalue weighted by Gasteiger charge is -2.13. The number of carbonyl (C=O) groups excluding carboxylic acids is 1. The fourth-order valence-corrected chi connectivity index (χ4v) is 3.41. The Morgan fingerprint density at radius 3 is 2.22 bits per heavy atom. The smallest absolute Gasteiger partial charge is 0.261 e.